The first-order chi connectivity index (χ1) is 2.91. The summed E-state index contributed by atoms with van der Waals surface area (Å²) in [7, 11) is 0. The van der Waals surface area contributed by atoms with Crippen LogP contribution in [0, 0.1) is 0 Å². The predicted molar refractivity (Wildman–Crippen MR) is 39.4 cm³/mol. The summed E-state index contributed by atoms with van der Waals surface area (Å²) in [6.07, 6.45) is 2.27. The van der Waals surface area contributed by atoms with Gasteiger partial charge >= 0.3 is 0 Å². The van der Waals surface area contributed by atoms with Crippen LogP contribution in [-0.2, 0) is 0 Å². The molecule has 0 radical (unpaired) electrons. The van der Waals surface area contributed by atoms with Crippen molar-refractivity contribution in [3.8, 4) is 0 Å². The summed E-state index contributed by atoms with van der Waals surface area (Å²) < 4.78 is 0. The number of nitrogens with two attached hydrogens (primary N) is 1. The molecule has 0 atom stereocenters. The maximum absolute atomic E-state index is 5.18. The molecule has 0 bridgehead atoms. The summed E-state index contributed by atoms with van der Waals surface area (Å²) in [5, 5.41) is 0. The van der Waals surface area contributed by atoms with E-state index in [-0.39, 0.29) is 12.4 Å². The molecule has 0 fully saturated rings. The minimum absolute atomic E-state index is 0. The second kappa shape index (κ2) is 9.78. The lowest BCUT2D eigenvalue weighted by Crippen LogP contribution is -1.97. The maximum Gasteiger partial charge on any atom is -0.00770 e. The van der Waals surface area contributed by atoms with Gasteiger partial charge in [-0.25, -0.2) is 0 Å². The Kier molecular flexibility index (Phi) is 14.8. The molecule has 0 amide bonds. The maximum atomic E-state index is 5.18. The van der Waals surface area contributed by atoms with Gasteiger partial charge in [0.25, 0.3) is 0 Å². The van der Waals surface area contributed by atoms with Gasteiger partial charge in [-0.05, 0) is 25.1 Å². The molecule has 7 heavy (non-hydrogen) atoms. The van der Waals surface area contributed by atoms with Gasteiger partial charge in [0.1, 0.15) is 0 Å². The fraction of sp³-hybridized carbons (Fsp3) is 1.00. The Balaban J connectivity index is 0. The Morgan fingerprint density at radius 1 is 1.29 bits per heavy atom. The van der Waals surface area contributed by atoms with Crippen molar-refractivity contribution in [2.24, 2.45) is 5.73 Å². The van der Waals surface area contributed by atoms with Crippen molar-refractivity contribution in [3.63, 3.8) is 0 Å². The van der Waals surface area contributed by atoms with Gasteiger partial charge in [0, 0.05) is 0 Å². The van der Waals surface area contributed by atoms with E-state index in [1.54, 1.807) is 0 Å². The van der Waals surface area contributed by atoms with Crippen molar-refractivity contribution in [1.82, 2.24) is 0 Å². The lowest BCUT2D eigenvalue weighted by atomic mass is 10.3. The van der Waals surface area contributed by atoms with Gasteiger partial charge in [0.05, 0.1) is 0 Å². The third-order valence-electron chi connectivity index (χ3n) is 0.612. The molecule has 0 aromatic rings. The molecule has 0 unspecified atom stereocenters. The fourth-order valence-corrected chi connectivity index (χ4v) is 0.480. The normalized spacial score (nSPS) is 7.71. The smallest absolute Gasteiger partial charge is 0.00770 e. The molecule has 0 aliphatic carbocycles. The first-order valence-corrected chi connectivity index (χ1v) is 2.86. The average molecular weight is 142 g/mol. The minimum Gasteiger partial charge on any atom is -0.330 e. The van der Waals surface area contributed by atoms with Gasteiger partial charge in [-0.15, -0.1) is 12.4 Å². The van der Waals surface area contributed by atoms with Crippen LogP contribution < -0.4 is 5.73 Å². The summed E-state index contributed by atoms with van der Waals surface area (Å²) in [5.74, 6) is 0.969. The third-order valence-corrected chi connectivity index (χ3v) is 0.928. The summed E-state index contributed by atoms with van der Waals surface area (Å²) in [6.45, 7) is 0.806. The Morgan fingerprint density at radius 3 is 2.00 bits per heavy atom. The molecule has 1 nitrogen and oxygen atoms in total. The van der Waals surface area contributed by atoms with Gasteiger partial charge in [0.15, 0.2) is 0 Å². The van der Waals surface area contributed by atoms with Crippen LogP contribution in [0.1, 0.15) is 12.8 Å². The molecule has 0 spiro atoms. The molecule has 0 aliphatic heterocycles. The van der Waals surface area contributed by atoms with Crippen molar-refractivity contribution in [2.45, 2.75) is 12.8 Å². The lowest BCUT2D eigenvalue weighted by Gasteiger charge is -1.86. The molecule has 0 rings (SSSR count). The van der Waals surface area contributed by atoms with Crippen LogP contribution in [0.15, 0.2) is 0 Å². The zero-order valence-electron chi connectivity index (χ0n) is 4.26. The van der Waals surface area contributed by atoms with Gasteiger partial charge in [0.2, 0.25) is 0 Å². The standard InChI is InChI=1S/C4H11NS.ClH/c5-3-1-2-4-6;/h6H,1-5H2;1H. The van der Waals surface area contributed by atoms with Crippen molar-refractivity contribution in [2.75, 3.05) is 12.3 Å². The van der Waals surface area contributed by atoms with E-state index in [1.807, 2.05) is 0 Å². The van der Waals surface area contributed by atoms with Gasteiger partial charge in [-0.3, -0.25) is 0 Å². The summed E-state index contributed by atoms with van der Waals surface area (Å²) in [5.41, 5.74) is 5.18. The van der Waals surface area contributed by atoms with E-state index in [9.17, 15) is 0 Å². The zero-order chi connectivity index (χ0) is 4.83. The van der Waals surface area contributed by atoms with E-state index in [4.69, 9.17) is 5.73 Å². The third kappa shape index (κ3) is 10.8. The molecule has 0 heterocycles. The monoisotopic (exact) mass is 141 g/mol. The van der Waals surface area contributed by atoms with Crippen molar-refractivity contribution in [3.05, 3.63) is 0 Å². The quantitative estimate of drug-likeness (QED) is 0.447. The number of unbranched alkanes of at least 4 members (excludes halogenated alkanes) is 1. The van der Waals surface area contributed by atoms with E-state index >= 15 is 0 Å². The topological polar surface area (TPSA) is 26.0 Å². The Labute approximate surface area is 56.5 Å². The number of halogens is 1. The van der Waals surface area contributed by atoms with E-state index in [1.165, 1.54) is 0 Å². The molecule has 0 aromatic heterocycles. The lowest BCUT2D eigenvalue weighted by molar-refractivity contribution is 0.816. The van der Waals surface area contributed by atoms with E-state index in [2.05, 4.69) is 12.6 Å². The van der Waals surface area contributed by atoms with Gasteiger partial charge < -0.3 is 5.73 Å². The summed E-state index contributed by atoms with van der Waals surface area (Å²) >= 11 is 4.00. The largest absolute Gasteiger partial charge is 0.330 e. The number of thiol groups is 1. The molecule has 0 saturated heterocycles. The van der Waals surface area contributed by atoms with E-state index in [0.717, 1.165) is 25.1 Å². The predicted octanol–water partition coefficient (Wildman–Crippen LogP) is 1.08. The molecule has 46 valence electrons. The van der Waals surface area contributed by atoms with Crippen molar-refractivity contribution < 1.29 is 0 Å². The Bertz CT molecular complexity index is 23.7. The molecular weight excluding hydrogens is 130 g/mol. The highest BCUT2D eigenvalue weighted by atomic mass is 35.5. The van der Waals surface area contributed by atoms with Crippen LogP contribution in [-0.4, -0.2) is 12.3 Å². The van der Waals surface area contributed by atoms with E-state index < -0.39 is 0 Å². The molecule has 0 saturated carbocycles. The highest BCUT2D eigenvalue weighted by Crippen LogP contribution is 1.85. The summed E-state index contributed by atoms with van der Waals surface area (Å²) in [6, 6.07) is 0. The zero-order valence-corrected chi connectivity index (χ0v) is 5.97. The Hall–Kier alpha value is 0.600. The first kappa shape index (κ1) is 10.6. The number of hydrogen-bond donors (Lipinski definition) is 2. The molecule has 2 N–H and O–H groups in total. The second-order valence-corrected chi connectivity index (χ2v) is 1.67. The van der Waals surface area contributed by atoms with Crippen LogP contribution in [0.5, 0.6) is 0 Å². The minimum atomic E-state index is 0. The number of rotatable bonds is 3. The summed E-state index contributed by atoms with van der Waals surface area (Å²) in [4.78, 5) is 0. The fourth-order valence-electron chi connectivity index (χ4n) is 0.256. The highest BCUT2D eigenvalue weighted by molar-refractivity contribution is 7.80. The van der Waals surface area contributed by atoms with Crippen molar-refractivity contribution in [1.29, 1.82) is 0 Å². The molecular formula is C4H12ClNS. The van der Waals surface area contributed by atoms with Crippen molar-refractivity contribution >= 4 is 25.0 Å². The highest BCUT2D eigenvalue weighted by Gasteiger charge is 1.75. The Morgan fingerprint density at radius 2 is 1.86 bits per heavy atom. The van der Waals surface area contributed by atoms with Crippen LogP contribution >= 0.6 is 25.0 Å². The van der Waals surface area contributed by atoms with Crippen LogP contribution in [0.3, 0.4) is 0 Å². The SMILES string of the molecule is Cl.NCCCCS. The average Bonchev–Trinajstić information content (AvgIpc) is 1.61. The van der Waals surface area contributed by atoms with Gasteiger partial charge in [-0.2, -0.15) is 12.6 Å². The second-order valence-electron chi connectivity index (χ2n) is 1.22. The van der Waals surface area contributed by atoms with Gasteiger partial charge in [-0.1, -0.05) is 0 Å². The van der Waals surface area contributed by atoms with Crippen LogP contribution in [0.4, 0.5) is 0 Å². The van der Waals surface area contributed by atoms with Crippen LogP contribution in [0.25, 0.3) is 0 Å². The molecule has 3 heteroatoms. The molecule has 0 aliphatic rings. The molecule has 0 aromatic carbocycles. The van der Waals surface area contributed by atoms with E-state index in [0.29, 0.717) is 0 Å². The first-order valence-electron chi connectivity index (χ1n) is 2.22. The number of hydrogen-bond acceptors (Lipinski definition) is 2. The van der Waals surface area contributed by atoms with Crippen LogP contribution in [0.2, 0.25) is 0 Å².